The molecule has 0 fully saturated rings. The van der Waals surface area contributed by atoms with Crippen LogP contribution in [0.4, 0.5) is 5.69 Å². The topological polar surface area (TPSA) is 75.0 Å². The number of aromatic nitrogens is 2. The summed E-state index contributed by atoms with van der Waals surface area (Å²) in [5.74, 6) is 0.0168. The van der Waals surface area contributed by atoms with Crippen LogP contribution in [0.1, 0.15) is 5.69 Å². The molecular weight excluding hydrogens is 168 g/mol. The molecule has 0 atom stereocenters. The van der Waals surface area contributed by atoms with E-state index in [0.717, 1.165) is 11.4 Å². The standard InChI is InChI=1S/C8H14N4O/c1-6-8(4-10-11-6)12(2)5-7(13)3-9/h4H,3,5,9H2,1-2H3,(H,10,11). The number of hydrogen-bond acceptors (Lipinski definition) is 4. The fraction of sp³-hybridized carbons (Fsp3) is 0.500. The number of anilines is 1. The van der Waals surface area contributed by atoms with Crippen LogP contribution in [0.25, 0.3) is 0 Å². The molecule has 13 heavy (non-hydrogen) atoms. The second-order valence-electron chi connectivity index (χ2n) is 2.98. The van der Waals surface area contributed by atoms with E-state index in [-0.39, 0.29) is 12.3 Å². The molecule has 0 amide bonds. The lowest BCUT2D eigenvalue weighted by Crippen LogP contribution is -2.30. The van der Waals surface area contributed by atoms with Gasteiger partial charge >= 0.3 is 0 Å². The quantitative estimate of drug-likeness (QED) is 0.669. The van der Waals surface area contributed by atoms with Gasteiger partial charge in [0, 0.05) is 7.05 Å². The van der Waals surface area contributed by atoms with Gasteiger partial charge < -0.3 is 10.6 Å². The Hall–Kier alpha value is -1.36. The normalized spacial score (nSPS) is 10.1. The zero-order chi connectivity index (χ0) is 9.84. The van der Waals surface area contributed by atoms with Gasteiger partial charge in [-0.1, -0.05) is 0 Å². The van der Waals surface area contributed by atoms with E-state index < -0.39 is 0 Å². The van der Waals surface area contributed by atoms with Crippen molar-refractivity contribution in [2.45, 2.75) is 6.92 Å². The lowest BCUT2D eigenvalue weighted by atomic mass is 10.3. The van der Waals surface area contributed by atoms with E-state index in [4.69, 9.17) is 5.73 Å². The maximum Gasteiger partial charge on any atom is 0.165 e. The predicted octanol–water partition coefficient (Wildman–Crippen LogP) is -0.318. The highest BCUT2D eigenvalue weighted by molar-refractivity contribution is 5.85. The van der Waals surface area contributed by atoms with Gasteiger partial charge in [0.05, 0.1) is 30.7 Å². The Morgan fingerprint density at radius 3 is 2.92 bits per heavy atom. The van der Waals surface area contributed by atoms with Gasteiger partial charge in [-0.05, 0) is 6.92 Å². The number of likely N-dealkylation sites (N-methyl/N-ethyl adjacent to an activating group) is 1. The molecule has 1 aromatic heterocycles. The summed E-state index contributed by atoms with van der Waals surface area (Å²) in [7, 11) is 1.84. The molecule has 0 aromatic carbocycles. The van der Waals surface area contributed by atoms with E-state index in [1.54, 1.807) is 6.20 Å². The van der Waals surface area contributed by atoms with Crippen LogP contribution in [0.3, 0.4) is 0 Å². The van der Waals surface area contributed by atoms with E-state index in [2.05, 4.69) is 10.2 Å². The summed E-state index contributed by atoms with van der Waals surface area (Å²) in [5, 5.41) is 6.67. The summed E-state index contributed by atoms with van der Waals surface area (Å²) >= 11 is 0. The van der Waals surface area contributed by atoms with Crippen LogP contribution < -0.4 is 10.6 Å². The van der Waals surface area contributed by atoms with E-state index in [1.807, 2.05) is 18.9 Å². The number of H-pyrrole nitrogens is 1. The molecule has 5 heteroatoms. The first kappa shape index (κ1) is 9.73. The minimum absolute atomic E-state index is 0.0168. The predicted molar refractivity (Wildman–Crippen MR) is 50.7 cm³/mol. The van der Waals surface area contributed by atoms with Crippen LogP contribution in [0.5, 0.6) is 0 Å². The van der Waals surface area contributed by atoms with Gasteiger partial charge in [0.15, 0.2) is 5.78 Å². The fourth-order valence-corrected chi connectivity index (χ4v) is 1.14. The van der Waals surface area contributed by atoms with Crippen LogP contribution in [0, 0.1) is 6.92 Å². The van der Waals surface area contributed by atoms with Gasteiger partial charge in [-0.15, -0.1) is 0 Å². The molecule has 0 unspecified atom stereocenters. The molecule has 0 aliphatic heterocycles. The van der Waals surface area contributed by atoms with Gasteiger partial charge in [-0.2, -0.15) is 5.10 Å². The molecular formula is C8H14N4O. The van der Waals surface area contributed by atoms with Gasteiger partial charge in [0.1, 0.15) is 0 Å². The highest BCUT2D eigenvalue weighted by Gasteiger charge is 2.09. The summed E-state index contributed by atoms with van der Waals surface area (Å²) in [6.45, 7) is 2.32. The third kappa shape index (κ3) is 2.29. The van der Waals surface area contributed by atoms with Gasteiger partial charge in [0.2, 0.25) is 0 Å². The molecule has 0 aliphatic rings. The number of aryl methyl sites for hydroxylation is 1. The number of rotatable bonds is 4. The van der Waals surface area contributed by atoms with Gasteiger partial charge in [0.25, 0.3) is 0 Å². The van der Waals surface area contributed by atoms with Crippen molar-refractivity contribution >= 4 is 11.5 Å². The van der Waals surface area contributed by atoms with Crippen LogP contribution in [0.15, 0.2) is 6.20 Å². The summed E-state index contributed by atoms with van der Waals surface area (Å²) in [6, 6.07) is 0. The van der Waals surface area contributed by atoms with Crippen molar-refractivity contribution in [2.75, 3.05) is 25.0 Å². The molecule has 1 rings (SSSR count). The zero-order valence-corrected chi connectivity index (χ0v) is 7.87. The fourth-order valence-electron chi connectivity index (χ4n) is 1.14. The number of ketones is 1. The van der Waals surface area contributed by atoms with Crippen molar-refractivity contribution in [3.63, 3.8) is 0 Å². The molecule has 72 valence electrons. The Morgan fingerprint density at radius 1 is 1.77 bits per heavy atom. The summed E-state index contributed by atoms with van der Waals surface area (Å²) < 4.78 is 0. The highest BCUT2D eigenvalue weighted by Crippen LogP contribution is 2.13. The minimum atomic E-state index is 0.0168. The van der Waals surface area contributed by atoms with Crippen molar-refractivity contribution in [3.8, 4) is 0 Å². The molecule has 0 saturated heterocycles. The number of hydrogen-bond donors (Lipinski definition) is 2. The summed E-state index contributed by atoms with van der Waals surface area (Å²) in [4.78, 5) is 12.9. The first-order valence-electron chi connectivity index (χ1n) is 4.08. The second-order valence-corrected chi connectivity index (χ2v) is 2.98. The number of Topliss-reactive ketones (excluding diaryl/α,β-unsaturated/α-hetero) is 1. The SMILES string of the molecule is Cc1[nH]ncc1N(C)CC(=O)CN. The number of nitrogens with zero attached hydrogens (tertiary/aromatic N) is 2. The molecule has 1 heterocycles. The van der Waals surface area contributed by atoms with Crippen LogP contribution >= 0.6 is 0 Å². The van der Waals surface area contributed by atoms with Gasteiger partial charge in [-0.25, -0.2) is 0 Å². The van der Waals surface area contributed by atoms with Crippen molar-refractivity contribution in [1.82, 2.24) is 10.2 Å². The molecule has 0 saturated carbocycles. The Labute approximate surface area is 76.9 Å². The number of nitrogens with two attached hydrogens (primary N) is 1. The Bertz CT molecular complexity index is 294. The average Bonchev–Trinajstić information content (AvgIpc) is 2.51. The van der Waals surface area contributed by atoms with Crippen molar-refractivity contribution in [3.05, 3.63) is 11.9 Å². The number of carbonyl (C=O) groups excluding carboxylic acids is 1. The third-order valence-corrected chi connectivity index (χ3v) is 1.86. The number of carbonyl (C=O) groups is 1. The maximum atomic E-state index is 11.0. The highest BCUT2D eigenvalue weighted by atomic mass is 16.1. The smallest absolute Gasteiger partial charge is 0.165 e. The van der Waals surface area contributed by atoms with E-state index >= 15 is 0 Å². The van der Waals surface area contributed by atoms with Gasteiger partial charge in [-0.3, -0.25) is 9.89 Å². The molecule has 0 bridgehead atoms. The summed E-state index contributed by atoms with van der Waals surface area (Å²) in [5.41, 5.74) is 7.10. The lowest BCUT2D eigenvalue weighted by Gasteiger charge is -2.16. The molecule has 1 aromatic rings. The minimum Gasteiger partial charge on any atom is -0.364 e. The lowest BCUT2D eigenvalue weighted by molar-refractivity contribution is -0.116. The Morgan fingerprint density at radius 2 is 2.46 bits per heavy atom. The van der Waals surface area contributed by atoms with Crippen molar-refractivity contribution in [2.24, 2.45) is 5.73 Å². The first-order valence-corrected chi connectivity index (χ1v) is 4.08. The molecule has 0 spiro atoms. The van der Waals surface area contributed by atoms with E-state index in [0.29, 0.717) is 6.54 Å². The Kier molecular flexibility index (Phi) is 3.02. The molecule has 3 N–H and O–H groups in total. The first-order chi connectivity index (χ1) is 6.15. The Balaban J connectivity index is 2.63. The average molecular weight is 182 g/mol. The van der Waals surface area contributed by atoms with Crippen molar-refractivity contribution in [1.29, 1.82) is 0 Å². The monoisotopic (exact) mass is 182 g/mol. The summed E-state index contributed by atoms with van der Waals surface area (Å²) in [6.07, 6.45) is 1.69. The molecule has 0 radical (unpaired) electrons. The van der Waals surface area contributed by atoms with E-state index in [1.165, 1.54) is 0 Å². The molecule has 5 nitrogen and oxygen atoms in total. The maximum absolute atomic E-state index is 11.0. The molecule has 0 aliphatic carbocycles. The number of aromatic amines is 1. The van der Waals surface area contributed by atoms with Crippen LogP contribution in [-0.2, 0) is 4.79 Å². The second kappa shape index (κ2) is 4.04. The van der Waals surface area contributed by atoms with E-state index in [9.17, 15) is 4.79 Å². The number of nitrogens with one attached hydrogen (secondary N) is 1. The largest absolute Gasteiger partial charge is 0.364 e. The van der Waals surface area contributed by atoms with Crippen LogP contribution in [0.2, 0.25) is 0 Å². The van der Waals surface area contributed by atoms with Crippen molar-refractivity contribution < 1.29 is 4.79 Å². The zero-order valence-electron chi connectivity index (χ0n) is 7.87. The van der Waals surface area contributed by atoms with Crippen LogP contribution in [-0.4, -0.2) is 36.1 Å². The third-order valence-electron chi connectivity index (χ3n) is 1.86.